The second-order valence-corrected chi connectivity index (χ2v) is 2.72. The molecule has 3 N–H and O–H groups in total. The summed E-state index contributed by atoms with van der Waals surface area (Å²) in [6.45, 7) is 0.197. The van der Waals surface area contributed by atoms with Crippen LogP contribution in [-0.2, 0) is 11.3 Å². The minimum Gasteiger partial charge on any atom is -0.409 e. The zero-order valence-electron chi connectivity index (χ0n) is 7.70. The highest BCUT2D eigenvalue weighted by molar-refractivity contribution is 5.97. The summed E-state index contributed by atoms with van der Waals surface area (Å²) in [6, 6.07) is 4.29. The van der Waals surface area contributed by atoms with Gasteiger partial charge in [0.15, 0.2) is 5.84 Å². The lowest BCUT2D eigenvalue weighted by Crippen LogP contribution is -2.13. The van der Waals surface area contributed by atoms with Crippen molar-refractivity contribution in [3.05, 3.63) is 35.1 Å². The molecule has 4 nitrogen and oxygen atoms in total. The molecule has 0 radical (unpaired) electrons. The number of amidine groups is 1. The summed E-state index contributed by atoms with van der Waals surface area (Å²) in [4.78, 5) is 0. The predicted molar refractivity (Wildman–Crippen MR) is 49.6 cm³/mol. The number of oxime groups is 1. The first-order valence-corrected chi connectivity index (χ1v) is 3.94. The van der Waals surface area contributed by atoms with Gasteiger partial charge in [0.05, 0.1) is 6.61 Å². The maximum Gasteiger partial charge on any atom is 0.170 e. The van der Waals surface area contributed by atoms with Crippen LogP contribution in [0.5, 0.6) is 0 Å². The number of halogens is 1. The lowest BCUT2D eigenvalue weighted by atomic mass is 10.1. The Balaban J connectivity index is 3.00. The maximum absolute atomic E-state index is 13.3. The maximum atomic E-state index is 13.3. The van der Waals surface area contributed by atoms with Crippen molar-refractivity contribution in [2.24, 2.45) is 10.9 Å². The molecule has 0 spiro atoms. The zero-order valence-corrected chi connectivity index (χ0v) is 7.70. The largest absolute Gasteiger partial charge is 0.409 e. The van der Waals surface area contributed by atoms with Gasteiger partial charge in [-0.1, -0.05) is 17.3 Å². The third-order valence-corrected chi connectivity index (χ3v) is 1.76. The SMILES string of the molecule is COCc1ccc(/C(N)=N/O)cc1F. The van der Waals surface area contributed by atoms with E-state index in [0.29, 0.717) is 11.1 Å². The van der Waals surface area contributed by atoms with E-state index in [1.807, 2.05) is 0 Å². The molecule has 76 valence electrons. The van der Waals surface area contributed by atoms with Crippen LogP contribution in [0.4, 0.5) is 4.39 Å². The van der Waals surface area contributed by atoms with Crippen molar-refractivity contribution in [1.29, 1.82) is 0 Å². The molecule has 0 saturated heterocycles. The minimum atomic E-state index is -0.434. The molecule has 0 aliphatic carbocycles. The van der Waals surface area contributed by atoms with Gasteiger partial charge in [0, 0.05) is 18.2 Å². The van der Waals surface area contributed by atoms with Gasteiger partial charge in [-0.05, 0) is 6.07 Å². The highest BCUT2D eigenvalue weighted by Gasteiger charge is 2.05. The number of nitrogens with two attached hydrogens (primary N) is 1. The van der Waals surface area contributed by atoms with Crippen LogP contribution in [0.15, 0.2) is 23.4 Å². The Morgan fingerprint density at radius 1 is 1.64 bits per heavy atom. The monoisotopic (exact) mass is 198 g/mol. The molecule has 1 aromatic carbocycles. The summed E-state index contributed by atoms with van der Waals surface area (Å²) in [5.41, 5.74) is 6.06. The van der Waals surface area contributed by atoms with Crippen LogP contribution in [0.3, 0.4) is 0 Å². The van der Waals surface area contributed by atoms with Gasteiger partial charge in [-0.3, -0.25) is 0 Å². The van der Waals surface area contributed by atoms with E-state index >= 15 is 0 Å². The van der Waals surface area contributed by atoms with Crippen LogP contribution in [0.25, 0.3) is 0 Å². The van der Waals surface area contributed by atoms with Crippen molar-refractivity contribution >= 4 is 5.84 Å². The fraction of sp³-hybridized carbons (Fsp3) is 0.222. The first-order valence-electron chi connectivity index (χ1n) is 3.94. The van der Waals surface area contributed by atoms with Gasteiger partial charge < -0.3 is 15.7 Å². The van der Waals surface area contributed by atoms with Crippen LogP contribution >= 0.6 is 0 Å². The Morgan fingerprint density at radius 2 is 2.36 bits per heavy atom. The fourth-order valence-corrected chi connectivity index (χ4v) is 1.04. The Labute approximate surface area is 80.8 Å². The second-order valence-electron chi connectivity index (χ2n) is 2.72. The lowest BCUT2D eigenvalue weighted by Gasteiger charge is -2.03. The molecule has 0 unspecified atom stereocenters. The Hall–Kier alpha value is -1.62. The Bertz CT molecular complexity index is 353. The third-order valence-electron chi connectivity index (χ3n) is 1.76. The van der Waals surface area contributed by atoms with Gasteiger partial charge in [-0.15, -0.1) is 0 Å². The second kappa shape index (κ2) is 4.57. The summed E-state index contributed by atoms with van der Waals surface area (Å²) in [5, 5.41) is 11.1. The van der Waals surface area contributed by atoms with Crippen molar-refractivity contribution in [2.45, 2.75) is 6.61 Å². The average Bonchev–Trinajstić information content (AvgIpc) is 2.20. The highest BCUT2D eigenvalue weighted by atomic mass is 19.1. The van der Waals surface area contributed by atoms with Crippen molar-refractivity contribution in [1.82, 2.24) is 0 Å². The fourth-order valence-electron chi connectivity index (χ4n) is 1.04. The molecule has 0 amide bonds. The molecule has 5 heteroatoms. The number of hydrogen-bond acceptors (Lipinski definition) is 3. The van der Waals surface area contributed by atoms with E-state index in [1.165, 1.54) is 19.2 Å². The summed E-state index contributed by atoms with van der Waals surface area (Å²) in [5.74, 6) is -0.552. The quantitative estimate of drug-likeness (QED) is 0.330. The predicted octanol–water partition coefficient (Wildman–Crippen LogP) is 1.07. The summed E-state index contributed by atoms with van der Waals surface area (Å²) in [6.07, 6.45) is 0. The van der Waals surface area contributed by atoms with E-state index in [9.17, 15) is 4.39 Å². The molecular weight excluding hydrogens is 187 g/mol. The van der Waals surface area contributed by atoms with Gasteiger partial charge in [0.25, 0.3) is 0 Å². The normalized spacial score (nSPS) is 11.7. The van der Waals surface area contributed by atoms with E-state index in [-0.39, 0.29) is 12.4 Å². The van der Waals surface area contributed by atoms with E-state index in [1.54, 1.807) is 6.07 Å². The van der Waals surface area contributed by atoms with E-state index < -0.39 is 5.82 Å². The number of nitrogens with zero attached hydrogens (tertiary/aromatic N) is 1. The number of benzene rings is 1. The van der Waals surface area contributed by atoms with Crippen LogP contribution < -0.4 is 5.73 Å². The van der Waals surface area contributed by atoms with Gasteiger partial charge in [-0.2, -0.15) is 0 Å². The molecule has 0 saturated carbocycles. The molecule has 1 rings (SSSR count). The molecular formula is C9H11FN2O2. The summed E-state index contributed by atoms with van der Waals surface area (Å²) >= 11 is 0. The van der Waals surface area contributed by atoms with Gasteiger partial charge in [-0.25, -0.2) is 4.39 Å². The standard InChI is InChI=1S/C9H11FN2O2/c1-14-5-7-3-2-6(4-8(7)10)9(11)12-13/h2-4,13H,5H2,1H3,(H2,11,12). The molecule has 0 atom stereocenters. The molecule has 14 heavy (non-hydrogen) atoms. The molecule has 0 bridgehead atoms. The highest BCUT2D eigenvalue weighted by Crippen LogP contribution is 2.11. The van der Waals surface area contributed by atoms with Crippen molar-refractivity contribution < 1.29 is 14.3 Å². The molecule has 0 fully saturated rings. The molecule has 0 aromatic heterocycles. The van der Waals surface area contributed by atoms with Crippen LogP contribution in [0.2, 0.25) is 0 Å². The number of rotatable bonds is 3. The third kappa shape index (κ3) is 2.20. The molecule has 0 aliphatic rings. The van der Waals surface area contributed by atoms with E-state index in [2.05, 4.69) is 5.16 Å². The molecule has 0 heterocycles. The summed E-state index contributed by atoms with van der Waals surface area (Å²) < 4.78 is 18.0. The molecule has 0 aliphatic heterocycles. The van der Waals surface area contributed by atoms with Gasteiger partial charge >= 0.3 is 0 Å². The van der Waals surface area contributed by atoms with Crippen LogP contribution in [0.1, 0.15) is 11.1 Å². The first kappa shape index (κ1) is 10.5. The van der Waals surface area contributed by atoms with Crippen LogP contribution in [0, 0.1) is 5.82 Å². The zero-order chi connectivity index (χ0) is 10.6. The smallest absolute Gasteiger partial charge is 0.170 e. The van der Waals surface area contributed by atoms with Crippen LogP contribution in [-0.4, -0.2) is 18.2 Å². The van der Waals surface area contributed by atoms with Gasteiger partial charge in [0.2, 0.25) is 0 Å². The minimum absolute atomic E-state index is 0.118. The lowest BCUT2D eigenvalue weighted by molar-refractivity contribution is 0.181. The van der Waals surface area contributed by atoms with Crippen molar-refractivity contribution in [3.63, 3.8) is 0 Å². The van der Waals surface area contributed by atoms with Gasteiger partial charge in [0.1, 0.15) is 5.82 Å². The van der Waals surface area contributed by atoms with E-state index in [0.717, 1.165) is 0 Å². The topological polar surface area (TPSA) is 67.8 Å². The number of hydrogen-bond donors (Lipinski definition) is 2. The Morgan fingerprint density at radius 3 is 2.86 bits per heavy atom. The number of ether oxygens (including phenoxy) is 1. The van der Waals surface area contributed by atoms with Crippen molar-refractivity contribution in [3.8, 4) is 0 Å². The first-order chi connectivity index (χ1) is 6.69. The number of methoxy groups -OCH3 is 1. The molecule has 1 aromatic rings. The van der Waals surface area contributed by atoms with Crippen molar-refractivity contribution in [2.75, 3.05) is 7.11 Å². The average molecular weight is 198 g/mol. The summed E-state index contributed by atoms with van der Waals surface area (Å²) in [7, 11) is 1.48. The Kier molecular flexibility index (Phi) is 3.41. The van der Waals surface area contributed by atoms with E-state index in [4.69, 9.17) is 15.7 Å².